The third-order valence-electron chi connectivity index (χ3n) is 2.38. The molecule has 0 aromatic carbocycles. The zero-order valence-corrected chi connectivity index (χ0v) is 10.6. The lowest BCUT2D eigenvalue weighted by Crippen LogP contribution is -1.95. The number of hydrogen-bond acceptors (Lipinski definition) is 3. The molecule has 2 aromatic rings. The lowest BCUT2D eigenvalue weighted by Gasteiger charge is -1.91. The van der Waals surface area contributed by atoms with Gasteiger partial charge in [0.1, 0.15) is 0 Å². The van der Waals surface area contributed by atoms with Gasteiger partial charge in [-0.15, -0.1) is 22.7 Å². The zero-order chi connectivity index (χ0) is 11.0. The number of rotatable bonds is 2. The van der Waals surface area contributed by atoms with Crippen molar-refractivity contribution in [2.75, 3.05) is 0 Å². The predicted octanol–water partition coefficient (Wildman–Crippen LogP) is 3.97. The Morgan fingerprint density at radius 1 is 1.20 bits per heavy atom. The molecule has 78 valence electrons. The standard InChI is InChI=1S/C12H12OS2/c1-7-4-11(15-9(7)3)12(13)10-5-8(2)14-6-10/h4-6H,1-3H3. The largest absolute Gasteiger partial charge is 0.288 e. The second kappa shape index (κ2) is 3.91. The van der Waals surface area contributed by atoms with Crippen molar-refractivity contribution in [2.45, 2.75) is 20.8 Å². The lowest BCUT2D eigenvalue weighted by atomic mass is 10.1. The maximum Gasteiger partial charge on any atom is 0.203 e. The maximum absolute atomic E-state index is 12.0. The molecular formula is C12H12OS2. The molecule has 0 amide bonds. The van der Waals surface area contributed by atoms with Crippen molar-refractivity contribution in [1.82, 2.24) is 0 Å². The highest BCUT2D eigenvalue weighted by Gasteiger charge is 2.13. The number of hydrogen-bond donors (Lipinski definition) is 0. The first-order chi connectivity index (χ1) is 7.08. The van der Waals surface area contributed by atoms with Crippen LogP contribution in [-0.4, -0.2) is 5.78 Å². The van der Waals surface area contributed by atoms with E-state index in [1.165, 1.54) is 15.3 Å². The highest BCUT2D eigenvalue weighted by Crippen LogP contribution is 2.25. The Morgan fingerprint density at radius 3 is 2.40 bits per heavy atom. The fourth-order valence-electron chi connectivity index (χ4n) is 1.39. The fourth-order valence-corrected chi connectivity index (χ4v) is 3.07. The smallest absolute Gasteiger partial charge is 0.203 e. The van der Waals surface area contributed by atoms with Crippen LogP contribution in [0.5, 0.6) is 0 Å². The van der Waals surface area contributed by atoms with Crippen molar-refractivity contribution in [3.05, 3.63) is 43.3 Å². The minimum Gasteiger partial charge on any atom is -0.288 e. The van der Waals surface area contributed by atoms with Crippen molar-refractivity contribution < 1.29 is 4.79 Å². The molecule has 2 aromatic heterocycles. The van der Waals surface area contributed by atoms with Gasteiger partial charge in [0.25, 0.3) is 0 Å². The van der Waals surface area contributed by atoms with E-state index in [-0.39, 0.29) is 5.78 Å². The van der Waals surface area contributed by atoms with Gasteiger partial charge in [0.2, 0.25) is 5.78 Å². The van der Waals surface area contributed by atoms with Crippen molar-refractivity contribution in [2.24, 2.45) is 0 Å². The lowest BCUT2D eigenvalue weighted by molar-refractivity contribution is 0.104. The van der Waals surface area contributed by atoms with E-state index >= 15 is 0 Å². The second-order valence-corrected chi connectivity index (χ2v) is 6.00. The number of aryl methyl sites for hydroxylation is 3. The molecule has 0 unspecified atom stereocenters. The van der Waals surface area contributed by atoms with Crippen LogP contribution < -0.4 is 0 Å². The molecule has 0 saturated heterocycles. The third-order valence-corrected chi connectivity index (χ3v) is 4.40. The minimum absolute atomic E-state index is 0.153. The molecule has 0 radical (unpaired) electrons. The first kappa shape index (κ1) is 10.6. The summed E-state index contributed by atoms with van der Waals surface area (Å²) in [7, 11) is 0. The fraction of sp³-hybridized carbons (Fsp3) is 0.250. The van der Waals surface area contributed by atoms with Crippen molar-refractivity contribution in [3.63, 3.8) is 0 Å². The Labute approximate surface area is 97.4 Å². The van der Waals surface area contributed by atoms with Crippen molar-refractivity contribution in [1.29, 1.82) is 0 Å². The van der Waals surface area contributed by atoms with Crippen LogP contribution in [0.15, 0.2) is 17.5 Å². The molecule has 0 fully saturated rings. The van der Waals surface area contributed by atoms with Crippen LogP contribution in [-0.2, 0) is 0 Å². The van der Waals surface area contributed by atoms with E-state index in [4.69, 9.17) is 0 Å². The third kappa shape index (κ3) is 2.03. The average Bonchev–Trinajstić information content (AvgIpc) is 2.74. The molecule has 15 heavy (non-hydrogen) atoms. The van der Waals surface area contributed by atoms with Crippen LogP contribution in [0, 0.1) is 20.8 Å². The highest BCUT2D eigenvalue weighted by molar-refractivity contribution is 7.14. The molecule has 1 nitrogen and oxygen atoms in total. The van der Waals surface area contributed by atoms with E-state index in [2.05, 4.69) is 6.92 Å². The summed E-state index contributed by atoms with van der Waals surface area (Å²) in [5.74, 6) is 0.153. The summed E-state index contributed by atoms with van der Waals surface area (Å²) in [5.41, 5.74) is 2.02. The highest BCUT2D eigenvalue weighted by atomic mass is 32.1. The molecule has 0 bridgehead atoms. The van der Waals surface area contributed by atoms with Crippen LogP contribution in [0.3, 0.4) is 0 Å². The van der Waals surface area contributed by atoms with E-state index in [1.54, 1.807) is 22.7 Å². The SMILES string of the molecule is Cc1cc(C(=O)c2cc(C)c(C)s2)cs1. The molecule has 0 aliphatic rings. The quantitative estimate of drug-likeness (QED) is 0.721. The number of thiophene rings is 2. The molecule has 0 atom stereocenters. The van der Waals surface area contributed by atoms with Gasteiger partial charge < -0.3 is 0 Å². The first-order valence-electron chi connectivity index (χ1n) is 4.75. The van der Waals surface area contributed by atoms with Crippen molar-refractivity contribution >= 4 is 28.5 Å². The summed E-state index contributed by atoms with van der Waals surface area (Å²) >= 11 is 3.20. The molecule has 3 heteroatoms. The zero-order valence-electron chi connectivity index (χ0n) is 8.96. The van der Waals surface area contributed by atoms with Crippen LogP contribution >= 0.6 is 22.7 Å². The van der Waals surface area contributed by atoms with Gasteiger partial charge in [0.15, 0.2) is 0 Å². The molecule has 0 aliphatic carbocycles. The molecule has 0 saturated carbocycles. The van der Waals surface area contributed by atoms with Crippen molar-refractivity contribution in [3.8, 4) is 0 Å². The van der Waals surface area contributed by atoms with Gasteiger partial charge in [-0.3, -0.25) is 4.79 Å². The van der Waals surface area contributed by atoms with Gasteiger partial charge in [0.05, 0.1) is 4.88 Å². The Morgan fingerprint density at radius 2 is 1.93 bits per heavy atom. The second-order valence-electron chi connectivity index (χ2n) is 3.63. The monoisotopic (exact) mass is 236 g/mol. The van der Waals surface area contributed by atoms with Gasteiger partial charge in [0, 0.05) is 20.7 Å². The Kier molecular flexibility index (Phi) is 2.76. The summed E-state index contributed by atoms with van der Waals surface area (Å²) in [6, 6.07) is 3.94. The summed E-state index contributed by atoms with van der Waals surface area (Å²) in [5, 5.41) is 1.93. The minimum atomic E-state index is 0.153. The van der Waals surface area contributed by atoms with Crippen LogP contribution in [0.1, 0.15) is 30.6 Å². The molecule has 2 rings (SSSR count). The number of carbonyl (C=O) groups excluding carboxylic acids is 1. The average molecular weight is 236 g/mol. The van der Waals surface area contributed by atoms with Gasteiger partial charge in [-0.1, -0.05) is 0 Å². The van der Waals surface area contributed by atoms with Gasteiger partial charge in [-0.25, -0.2) is 0 Å². The van der Waals surface area contributed by atoms with E-state index in [0.717, 1.165) is 10.4 Å². The van der Waals surface area contributed by atoms with E-state index in [1.807, 2.05) is 31.4 Å². The normalized spacial score (nSPS) is 10.6. The molecule has 2 heterocycles. The topological polar surface area (TPSA) is 17.1 Å². The Hall–Kier alpha value is -0.930. The van der Waals surface area contributed by atoms with E-state index in [0.29, 0.717) is 0 Å². The van der Waals surface area contributed by atoms with Crippen LogP contribution in [0.25, 0.3) is 0 Å². The molecule has 0 N–H and O–H groups in total. The number of ketones is 1. The first-order valence-corrected chi connectivity index (χ1v) is 6.44. The molecule has 0 aliphatic heterocycles. The predicted molar refractivity (Wildman–Crippen MR) is 66.3 cm³/mol. The van der Waals surface area contributed by atoms with Gasteiger partial charge in [-0.2, -0.15) is 0 Å². The van der Waals surface area contributed by atoms with Crippen LogP contribution in [0.4, 0.5) is 0 Å². The van der Waals surface area contributed by atoms with E-state index < -0.39 is 0 Å². The van der Waals surface area contributed by atoms with E-state index in [9.17, 15) is 4.79 Å². The Balaban J connectivity index is 2.36. The maximum atomic E-state index is 12.0. The summed E-state index contributed by atoms with van der Waals surface area (Å²) in [6.07, 6.45) is 0. The van der Waals surface area contributed by atoms with Crippen LogP contribution in [0.2, 0.25) is 0 Å². The summed E-state index contributed by atoms with van der Waals surface area (Å²) in [4.78, 5) is 15.3. The van der Waals surface area contributed by atoms with Gasteiger partial charge >= 0.3 is 0 Å². The molecular weight excluding hydrogens is 224 g/mol. The summed E-state index contributed by atoms with van der Waals surface area (Å²) < 4.78 is 0. The van der Waals surface area contributed by atoms with Gasteiger partial charge in [-0.05, 0) is 38.5 Å². The summed E-state index contributed by atoms with van der Waals surface area (Å²) in [6.45, 7) is 6.11. The number of carbonyl (C=O) groups is 1. The Bertz CT molecular complexity index is 486. The molecule has 0 spiro atoms.